The Morgan fingerprint density at radius 2 is 1.83 bits per heavy atom. The van der Waals surface area contributed by atoms with Crippen LogP contribution in [0.3, 0.4) is 0 Å². The first-order valence-corrected chi connectivity index (χ1v) is 6.56. The van der Waals surface area contributed by atoms with Gasteiger partial charge >= 0.3 is 0 Å². The van der Waals surface area contributed by atoms with Crippen LogP contribution in [0.1, 0.15) is 18.4 Å². The fourth-order valence-corrected chi connectivity index (χ4v) is 2.49. The van der Waals surface area contributed by atoms with E-state index in [1.165, 1.54) is 11.3 Å². The largest absolute Gasteiger partial charge is 0.381 e. The topological polar surface area (TPSA) is 21.7 Å². The lowest BCUT2D eigenvalue weighted by atomic mass is 9.93. The zero-order valence-corrected chi connectivity index (χ0v) is 11.6. The third-order valence-corrected chi connectivity index (χ3v) is 3.84. The third kappa shape index (κ3) is 3.03. The summed E-state index contributed by atoms with van der Waals surface area (Å²) < 4.78 is 11.2. The Morgan fingerprint density at radius 3 is 2.39 bits per heavy atom. The molecule has 1 aromatic carbocycles. The highest BCUT2D eigenvalue weighted by Gasteiger charge is 2.33. The van der Waals surface area contributed by atoms with Gasteiger partial charge in [0.1, 0.15) is 0 Å². The van der Waals surface area contributed by atoms with E-state index >= 15 is 0 Å². The summed E-state index contributed by atoms with van der Waals surface area (Å²) in [5, 5.41) is 0. The second-order valence-corrected chi connectivity index (χ2v) is 5.19. The molecule has 1 fully saturated rings. The van der Waals surface area contributed by atoms with Crippen LogP contribution in [0, 0.1) is 6.92 Å². The maximum Gasteiger partial charge on any atom is 0.0896 e. The van der Waals surface area contributed by atoms with E-state index in [0.717, 1.165) is 32.6 Å². The van der Waals surface area contributed by atoms with Crippen LogP contribution < -0.4 is 4.90 Å². The number of hydrogen-bond donors (Lipinski definition) is 0. The number of hydrogen-bond acceptors (Lipinski definition) is 3. The summed E-state index contributed by atoms with van der Waals surface area (Å²) in [5.74, 6) is 0. The van der Waals surface area contributed by atoms with E-state index in [0.29, 0.717) is 0 Å². The van der Waals surface area contributed by atoms with Gasteiger partial charge in [-0.3, -0.25) is 0 Å². The van der Waals surface area contributed by atoms with Crippen molar-refractivity contribution in [3.63, 3.8) is 0 Å². The summed E-state index contributed by atoms with van der Waals surface area (Å²) in [6.45, 7) is 4.62. The van der Waals surface area contributed by atoms with Crippen molar-refractivity contribution in [2.24, 2.45) is 0 Å². The molecule has 1 aliphatic heterocycles. The number of anilines is 1. The van der Waals surface area contributed by atoms with Crippen molar-refractivity contribution in [1.82, 2.24) is 0 Å². The predicted octanol–water partition coefficient (Wildman–Crippen LogP) is 2.63. The molecule has 1 aromatic rings. The first-order chi connectivity index (χ1) is 8.65. The van der Waals surface area contributed by atoms with Crippen molar-refractivity contribution >= 4 is 5.69 Å². The Labute approximate surface area is 110 Å². The van der Waals surface area contributed by atoms with Gasteiger partial charge in [-0.05, 0) is 19.1 Å². The van der Waals surface area contributed by atoms with Gasteiger partial charge < -0.3 is 14.4 Å². The minimum atomic E-state index is -0.0577. The van der Waals surface area contributed by atoms with Gasteiger partial charge in [0, 0.05) is 52.4 Å². The van der Waals surface area contributed by atoms with Crippen molar-refractivity contribution < 1.29 is 9.47 Å². The number of likely N-dealkylation sites (N-methyl/N-ethyl adjacent to an activating group) is 1. The van der Waals surface area contributed by atoms with Gasteiger partial charge in [-0.25, -0.2) is 0 Å². The highest BCUT2D eigenvalue weighted by Crippen LogP contribution is 2.27. The monoisotopic (exact) mass is 249 g/mol. The van der Waals surface area contributed by atoms with E-state index in [1.807, 2.05) is 7.11 Å². The molecule has 0 bridgehead atoms. The average molecular weight is 249 g/mol. The molecule has 3 nitrogen and oxygen atoms in total. The molecule has 18 heavy (non-hydrogen) atoms. The molecular weight excluding hydrogens is 226 g/mol. The molecule has 1 saturated heterocycles. The molecule has 0 N–H and O–H groups in total. The Kier molecular flexibility index (Phi) is 4.25. The molecule has 3 heteroatoms. The minimum absolute atomic E-state index is 0.0577. The first kappa shape index (κ1) is 13.4. The fourth-order valence-electron chi connectivity index (χ4n) is 2.49. The fraction of sp³-hybridized carbons (Fsp3) is 0.600. The SMILES string of the molecule is COC1(CN(C)c2ccc(C)cc2)CCOCC1. The van der Waals surface area contributed by atoms with Gasteiger partial charge in [0.05, 0.1) is 5.60 Å². The molecule has 0 unspecified atom stereocenters. The smallest absolute Gasteiger partial charge is 0.0896 e. The maximum atomic E-state index is 5.77. The molecular formula is C15H23NO2. The highest BCUT2D eigenvalue weighted by molar-refractivity contribution is 5.47. The highest BCUT2D eigenvalue weighted by atomic mass is 16.5. The van der Waals surface area contributed by atoms with Crippen LogP contribution in [0.2, 0.25) is 0 Å². The van der Waals surface area contributed by atoms with Gasteiger partial charge in [0.15, 0.2) is 0 Å². The molecule has 0 radical (unpaired) electrons. The minimum Gasteiger partial charge on any atom is -0.381 e. The van der Waals surface area contributed by atoms with E-state index in [2.05, 4.69) is 43.1 Å². The van der Waals surface area contributed by atoms with Crippen LogP contribution >= 0.6 is 0 Å². The van der Waals surface area contributed by atoms with Gasteiger partial charge in [0.2, 0.25) is 0 Å². The molecule has 0 saturated carbocycles. The lowest BCUT2D eigenvalue weighted by molar-refractivity contribution is -0.0835. The molecule has 0 spiro atoms. The zero-order chi connectivity index (χ0) is 13.0. The van der Waals surface area contributed by atoms with E-state index in [1.54, 1.807) is 0 Å². The Bertz CT molecular complexity index is 369. The molecule has 0 amide bonds. The standard InChI is InChI=1S/C15H23NO2/c1-13-4-6-14(7-5-13)16(2)12-15(17-3)8-10-18-11-9-15/h4-7H,8-12H2,1-3H3. The second kappa shape index (κ2) is 5.72. The van der Waals surface area contributed by atoms with Crippen molar-refractivity contribution in [2.75, 3.05) is 38.8 Å². The van der Waals surface area contributed by atoms with Crippen molar-refractivity contribution in [3.8, 4) is 0 Å². The van der Waals surface area contributed by atoms with Crippen LogP contribution in [0.15, 0.2) is 24.3 Å². The molecule has 100 valence electrons. The Morgan fingerprint density at radius 1 is 1.22 bits per heavy atom. The number of ether oxygens (including phenoxy) is 2. The summed E-state index contributed by atoms with van der Waals surface area (Å²) in [7, 11) is 3.94. The van der Waals surface area contributed by atoms with E-state index < -0.39 is 0 Å². The number of benzene rings is 1. The summed E-state index contributed by atoms with van der Waals surface area (Å²) in [4.78, 5) is 2.27. The number of nitrogens with zero attached hydrogens (tertiary/aromatic N) is 1. The molecule has 1 aliphatic rings. The molecule has 2 rings (SSSR count). The third-order valence-electron chi connectivity index (χ3n) is 3.84. The van der Waals surface area contributed by atoms with E-state index in [-0.39, 0.29) is 5.60 Å². The zero-order valence-electron chi connectivity index (χ0n) is 11.6. The Hall–Kier alpha value is -1.06. The second-order valence-electron chi connectivity index (χ2n) is 5.19. The van der Waals surface area contributed by atoms with E-state index in [9.17, 15) is 0 Å². The van der Waals surface area contributed by atoms with E-state index in [4.69, 9.17) is 9.47 Å². The normalized spacial score (nSPS) is 18.6. The average Bonchev–Trinajstić information content (AvgIpc) is 2.40. The molecule has 0 aliphatic carbocycles. The lowest BCUT2D eigenvalue weighted by Gasteiger charge is -2.39. The molecule has 0 aromatic heterocycles. The Balaban J connectivity index is 2.04. The first-order valence-electron chi connectivity index (χ1n) is 6.56. The molecule has 0 atom stereocenters. The van der Waals surface area contributed by atoms with Crippen molar-refractivity contribution in [3.05, 3.63) is 29.8 Å². The number of rotatable bonds is 4. The van der Waals surface area contributed by atoms with Crippen LogP contribution in [0.4, 0.5) is 5.69 Å². The summed E-state index contributed by atoms with van der Waals surface area (Å²) in [6, 6.07) is 8.63. The number of aryl methyl sites for hydroxylation is 1. The van der Waals surface area contributed by atoms with Gasteiger partial charge in [0.25, 0.3) is 0 Å². The molecule has 1 heterocycles. The summed E-state index contributed by atoms with van der Waals surface area (Å²) in [6.07, 6.45) is 1.94. The lowest BCUT2D eigenvalue weighted by Crippen LogP contribution is -2.47. The summed E-state index contributed by atoms with van der Waals surface area (Å²) >= 11 is 0. The maximum absolute atomic E-state index is 5.77. The number of methoxy groups -OCH3 is 1. The van der Waals surface area contributed by atoms with Crippen LogP contribution in [0.25, 0.3) is 0 Å². The van der Waals surface area contributed by atoms with Gasteiger partial charge in [-0.1, -0.05) is 17.7 Å². The van der Waals surface area contributed by atoms with Crippen LogP contribution in [-0.4, -0.2) is 39.5 Å². The van der Waals surface area contributed by atoms with Crippen molar-refractivity contribution in [2.45, 2.75) is 25.4 Å². The summed E-state index contributed by atoms with van der Waals surface area (Å²) in [5.41, 5.74) is 2.47. The predicted molar refractivity (Wildman–Crippen MR) is 74.2 cm³/mol. The van der Waals surface area contributed by atoms with Crippen molar-refractivity contribution in [1.29, 1.82) is 0 Å². The van der Waals surface area contributed by atoms with Crippen LogP contribution in [0.5, 0.6) is 0 Å². The van der Waals surface area contributed by atoms with Crippen LogP contribution in [-0.2, 0) is 9.47 Å². The van der Waals surface area contributed by atoms with Gasteiger partial charge in [-0.2, -0.15) is 0 Å². The van der Waals surface area contributed by atoms with Gasteiger partial charge in [-0.15, -0.1) is 0 Å². The quantitative estimate of drug-likeness (QED) is 0.819.